The van der Waals surface area contributed by atoms with Gasteiger partial charge in [0.05, 0.1) is 29.3 Å². The molecule has 0 amide bonds. The summed E-state index contributed by atoms with van der Waals surface area (Å²) < 4.78 is 83.6. The Morgan fingerprint density at radius 2 is 1.64 bits per heavy atom. The largest absolute Gasteiger partial charge is 0.416 e. The highest BCUT2D eigenvalue weighted by atomic mass is 19.4. The number of morpholine rings is 1. The Labute approximate surface area is 183 Å². The SMILES string of the molecule is O=[N+]([O-])c1ccc(Nc2cc(C(F)(F)F)cc(C(F)(F)F)c2)nc1NCCN1CCOCC1. The van der Waals surface area contributed by atoms with Crippen molar-refractivity contribution >= 4 is 23.0 Å². The van der Waals surface area contributed by atoms with Crippen molar-refractivity contribution in [2.45, 2.75) is 12.4 Å². The second-order valence-electron chi connectivity index (χ2n) is 7.12. The first kappa shape index (κ1) is 24.5. The molecule has 1 aliphatic rings. The number of hydrogen-bond acceptors (Lipinski definition) is 7. The van der Waals surface area contributed by atoms with Crippen LogP contribution in [-0.4, -0.2) is 54.2 Å². The molecule has 0 aliphatic carbocycles. The highest BCUT2D eigenvalue weighted by molar-refractivity contribution is 5.65. The van der Waals surface area contributed by atoms with E-state index in [1.807, 2.05) is 0 Å². The normalized spacial score (nSPS) is 15.3. The molecule has 1 aromatic carbocycles. The van der Waals surface area contributed by atoms with E-state index >= 15 is 0 Å². The zero-order chi connectivity index (χ0) is 24.2. The van der Waals surface area contributed by atoms with Gasteiger partial charge in [-0.15, -0.1) is 0 Å². The number of nitrogens with zero attached hydrogens (tertiary/aromatic N) is 3. The van der Waals surface area contributed by atoms with Crippen molar-refractivity contribution in [1.29, 1.82) is 0 Å². The minimum Gasteiger partial charge on any atom is -0.379 e. The monoisotopic (exact) mass is 479 g/mol. The van der Waals surface area contributed by atoms with E-state index in [-0.39, 0.29) is 29.9 Å². The van der Waals surface area contributed by atoms with Crippen LogP contribution in [0.25, 0.3) is 0 Å². The predicted octanol–water partition coefficient (Wildman–Crippen LogP) is 4.52. The third-order valence-electron chi connectivity index (χ3n) is 4.75. The van der Waals surface area contributed by atoms with Gasteiger partial charge in [-0.05, 0) is 24.3 Å². The molecule has 2 N–H and O–H groups in total. The van der Waals surface area contributed by atoms with E-state index in [2.05, 4.69) is 20.5 Å². The number of anilines is 3. The molecule has 14 heteroatoms. The number of nitrogens with one attached hydrogen (secondary N) is 2. The minimum atomic E-state index is -5.01. The van der Waals surface area contributed by atoms with E-state index in [0.29, 0.717) is 45.0 Å². The molecule has 180 valence electrons. The van der Waals surface area contributed by atoms with Crippen molar-refractivity contribution in [3.8, 4) is 0 Å². The van der Waals surface area contributed by atoms with Crippen LogP contribution in [0.2, 0.25) is 0 Å². The summed E-state index contributed by atoms with van der Waals surface area (Å²) >= 11 is 0. The molecule has 1 fully saturated rings. The van der Waals surface area contributed by atoms with Crippen LogP contribution in [0.5, 0.6) is 0 Å². The van der Waals surface area contributed by atoms with Gasteiger partial charge < -0.3 is 15.4 Å². The second-order valence-corrected chi connectivity index (χ2v) is 7.12. The van der Waals surface area contributed by atoms with Crippen LogP contribution in [0.4, 0.5) is 49.4 Å². The number of ether oxygens (including phenoxy) is 1. The zero-order valence-electron chi connectivity index (χ0n) is 17.0. The Hall–Kier alpha value is -3.13. The first-order chi connectivity index (χ1) is 15.4. The van der Waals surface area contributed by atoms with Gasteiger partial charge in [-0.1, -0.05) is 0 Å². The topological polar surface area (TPSA) is 92.6 Å². The maximum Gasteiger partial charge on any atom is 0.416 e. The van der Waals surface area contributed by atoms with Crippen LogP contribution in [0.15, 0.2) is 30.3 Å². The molecular formula is C19H19F6N5O3. The lowest BCUT2D eigenvalue weighted by Gasteiger charge is -2.26. The Balaban J connectivity index is 1.83. The summed E-state index contributed by atoms with van der Waals surface area (Å²) in [5.74, 6) is -0.330. The summed E-state index contributed by atoms with van der Waals surface area (Å²) in [5.41, 5.74) is -3.89. The standard InChI is InChI=1S/C19H19F6N5O3/c20-18(21,22)12-9-13(19(23,24)25)11-14(10-12)27-16-2-1-15(30(31)32)17(28-16)26-3-4-29-5-7-33-8-6-29/h1-2,9-11H,3-8H2,(H2,26,27,28). The fourth-order valence-electron chi connectivity index (χ4n) is 3.13. The molecule has 8 nitrogen and oxygen atoms in total. The van der Waals surface area contributed by atoms with Gasteiger partial charge in [0, 0.05) is 37.9 Å². The van der Waals surface area contributed by atoms with Crippen LogP contribution in [0, 0.1) is 10.1 Å². The van der Waals surface area contributed by atoms with E-state index in [9.17, 15) is 36.5 Å². The summed E-state index contributed by atoms with van der Waals surface area (Å²) in [7, 11) is 0. The van der Waals surface area contributed by atoms with Crippen molar-refractivity contribution in [3.63, 3.8) is 0 Å². The van der Waals surface area contributed by atoms with Crippen LogP contribution < -0.4 is 10.6 Å². The summed E-state index contributed by atoms with van der Waals surface area (Å²) in [6, 6.07) is 3.17. The van der Waals surface area contributed by atoms with Crippen LogP contribution in [0.1, 0.15) is 11.1 Å². The third-order valence-corrected chi connectivity index (χ3v) is 4.75. The second kappa shape index (κ2) is 9.79. The number of hydrogen-bond donors (Lipinski definition) is 2. The molecular weight excluding hydrogens is 460 g/mol. The van der Waals surface area contributed by atoms with Gasteiger partial charge in [0.2, 0.25) is 5.82 Å². The number of benzene rings is 1. The van der Waals surface area contributed by atoms with E-state index in [0.717, 1.165) is 12.1 Å². The van der Waals surface area contributed by atoms with E-state index < -0.39 is 34.1 Å². The molecule has 1 aromatic heterocycles. The lowest BCUT2D eigenvalue weighted by molar-refractivity contribution is -0.384. The van der Waals surface area contributed by atoms with Crippen molar-refractivity contribution < 1.29 is 36.0 Å². The summed E-state index contributed by atoms with van der Waals surface area (Å²) in [6.45, 7) is 3.32. The smallest absolute Gasteiger partial charge is 0.379 e. The van der Waals surface area contributed by atoms with Crippen LogP contribution >= 0.6 is 0 Å². The van der Waals surface area contributed by atoms with Crippen molar-refractivity contribution in [2.24, 2.45) is 0 Å². The van der Waals surface area contributed by atoms with Gasteiger partial charge in [-0.25, -0.2) is 4.98 Å². The summed E-state index contributed by atoms with van der Waals surface area (Å²) in [5, 5.41) is 16.5. The molecule has 0 unspecified atom stereocenters. The number of halogens is 6. The molecule has 0 saturated carbocycles. The van der Waals surface area contributed by atoms with Gasteiger partial charge in [0.15, 0.2) is 0 Å². The minimum absolute atomic E-state index is 0.00701. The molecule has 2 aromatic rings. The number of nitro groups is 1. The molecule has 0 bridgehead atoms. The van der Waals surface area contributed by atoms with Gasteiger partial charge in [-0.2, -0.15) is 26.3 Å². The average Bonchev–Trinajstić information content (AvgIpc) is 2.73. The number of alkyl halides is 6. The molecule has 2 heterocycles. The van der Waals surface area contributed by atoms with Crippen LogP contribution in [-0.2, 0) is 17.1 Å². The highest BCUT2D eigenvalue weighted by Gasteiger charge is 2.37. The molecule has 1 saturated heterocycles. The predicted molar refractivity (Wildman–Crippen MR) is 106 cm³/mol. The van der Waals surface area contributed by atoms with Gasteiger partial charge >= 0.3 is 18.0 Å². The number of pyridine rings is 1. The Bertz CT molecular complexity index is 961. The Morgan fingerprint density at radius 3 is 2.18 bits per heavy atom. The fraction of sp³-hybridized carbons (Fsp3) is 0.421. The Morgan fingerprint density at radius 1 is 1.03 bits per heavy atom. The van der Waals surface area contributed by atoms with Crippen molar-refractivity contribution in [3.05, 3.63) is 51.6 Å². The van der Waals surface area contributed by atoms with Crippen LogP contribution in [0.3, 0.4) is 0 Å². The quantitative estimate of drug-likeness (QED) is 0.343. The maximum atomic E-state index is 13.1. The first-order valence-corrected chi connectivity index (χ1v) is 9.69. The summed E-state index contributed by atoms with van der Waals surface area (Å²) in [6.07, 6.45) is -10.0. The molecule has 0 radical (unpaired) electrons. The first-order valence-electron chi connectivity index (χ1n) is 9.69. The molecule has 0 spiro atoms. The lowest BCUT2D eigenvalue weighted by atomic mass is 10.1. The molecule has 33 heavy (non-hydrogen) atoms. The zero-order valence-corrected chi connectivity index (χ0v) is 17.0. The van der Waals surface area contributed by atoms with E-state index in [1.165, 1.54) is 0 Å². The van der Waals surface area contributed by atoms with Crippen molar-refractivity contribution in [1.82, 2.24) is 9.88 Å². The summed E-state index contributed by atoms with van der Waals surface area (Å²) in [4.78, 5) is 16.6. The molecule has 1 aliphatic heterocycles. The Kier molecular flexibility index (Phi) is 7.27. The fourth-order valence-corrected chi connectivity index (χ4v) is 3.13. The highest BCUT2D eigenvalue weighted by Crippen LogP contribution is 2.38. The maximum absolute atomic E-state index is 13.1. The molecule has 0 atom stereocenters. The number of aromatic nitrogens is 1. The lowest BCUT2D eigenvalue weighted by Crippen LogP contribution is -2.39. The number of rotatable bonds is 7. The van der Waals surface area contributed by atoms with Gasteiger partial charge in [0.1, 0.15) is 5.82 Å². The third kappa shape index (κ3) is 6.68. The average molecular weight is 479 g/mol. The van der Waals surface area contributed by atoms with E-state index in [4.69, 9.17) is 4.74 Å². The van der Waals surface area contributed by atoms with Crippen molar-refractivity contribution in [2.75, 3.05) is 50.0 Å². The van der Waals surface area contributed by atoms with Gasteiger partial charge in [0.25, 0.3) is 0 Å². The van der Waals surface area contributed by atoms with Gasteiger partial charge in [-0.3, -0.25) is 15.0 Å². The van der Waals surface area contributed by atoms with E-state index in [1.54, 1.807) is 0 Å². The molecule has 3 rings (SSSR count).